The maximum atomic E-state index is 11.9. The molecule has 8 heteroatoms. The van der Waals surface area contributed by atoms with Crippen molar-refractivity contribution in [3.63, 3.8) is 0 Å². The lowest BCUT2D eigenvalue weighted by Gasteiger charge is -2.22. The lowest BCUT2D eigenvalue weighted by atomic mass is 10.2. The van der Waals surface area contributed by atoms with Gasteiger partial charge < -0.3 is 20.7 Å². The van der Waals surface area contributed by atoms with Gasteiger partial charge in [-0.25, -0.2) is 0 Å². The largest absolute Gasteiger partial charge is 0.378 e. The second kappa shape index (κ2) is 9.72. The number of benzene rings is 1. The Balaban J connectivity index is 0.00000264. The van der Waals surface area contributed by atoms with E-state index in [9.17, 15) is 9.59 Å². The molecular weight excluding hydrogens is 341 g/mol. The highest BCUT2D eigenvalue weighted by atomic mass is 35.5. The maximum Gasteiger partial charge on any atom is 0.239 e. The van der Waals surface area contributed by atoms with Crippen molar-refractivity contribution in [1.29, 1.82) is 0 Å². The molecule has 1 saturated heterocycles. The number of morpholine rings is 1. The van der Waals surface area contributed by atoms with E-state index in [1.807, 2.05) is 6.92 Å². The third-order valence-corrected chi connectivity index (χ3v) is 3.84. The Kier molecular flexibility index (Phi) is 8.33. The van der Waals surface area contributed by atoms with Gasteiger partial charge in [-0.05, 0) is 24.6 Å². The molecule has 1 heterocycles. The van der Waals surface area contributed by atoms with Crippen LogP contribution in [0.4, 0.5) is 5.69 Å². The predicted octanol–water partition coefficient (Wildman–Crippen LogP) is 1.50. The zero-order chi connectivity index (χ0) is 15.9. The number of nitrogens with one attached hydrogen (secondary N) is 3. The second-order valence-electron chi connectivity index (χ2n) is 5.08. The first kappa shape index (κ1) is 19.7. The molecule has 2 rings (SSSR count). The average Bonchev–Trinajstić information content (AvgIpc) is 2.52. The summed E-state index contributed by atoms with van der Waals surface area (Å²) in [5.74, 6) is -0.315. The van der Waals surface area contributed by atoms with Crippen molar-refractivity contribution in [2.24, 2.45) is 0 Å². The Morgan fingerprint density at radius 2 is 2.22 bits per heavy atom. The fourth-order valence-electron chi connectivity index (χ4n) is 2.11. The number of rotatable bonds is 5. The van der Waals surface area contributed by atoms with E-state index in [2.05, 4.69) is 16.0 Å². The molecule has 0 aliphatic carbocycles. The number of hydrogen-bond acceptors (Lipinski definition) is 4. The molecule has 1 aliphatic heterocycles. The van der Waals surface area contributed by atoms with Gasteiger partial charge in [0, 0.05) is 30.2 Å². The number of carbonyl (C=O) groups is 2. The molecule has 0 bridgehead atoms. The minimum atomic E-state index is -0.341. The van der Waals surface area contributed by atoms with Crippen molar-refractivity contribution in [2.75, 3.05) is 31.6 Å². The molecule has 1 atom stereocenters. The predicted molar refractivity (Wildman–Crippen MR) is 92.3 cm³/mol. The smallest absolute Gasteiger partial charge is 0.239 e. The van der Waals surface area contributed by atoms with Crippen molar-refractivity contribution in [1.82, 2.24) is 10.6 Å². The van der Waals surface area contributed by atoms with Gasteiger partial charge in [0.15, 0.2) is 0 Å². The Morgan fingerprint density at radius 1 is 1.43 bits per heavy atom. The zero-order valence-electron chi connectivity index (χ0n) is 12.9. The SMILES string of the molecule is Cc1c(Cl)cccc1NC(=O)CCNC(=O)C1COCCN1.Cl. The average molecular weight is 362 g/mol. The molecule has 1 unspecified atom stereocenters. The van der Waals surface area contributed by atoms with E-state index in [1.165, 1.54) is 0 Å². The van der Waals surface area contributed by atoms with Crippen LogP contribution >= 0.6 is 24.0 Å². The van der Waals surface area contributed by atoms with E-state index >= 15 is 0 Å². The lowest BCUT2D eigenvalue weighted by molar-refractivity contribution is -0.126. The van der Waals surface area contributed by atoms with Crippen molar-refractivity contribution in [2.45, 2.75) is 19.4 Å². The minimum Gasteiger partial charge on any atom is -0.378 e. The fraction of sp³-hybridized carbons (Fsp3) is 0.467. The molecule has 0 radical (unpaired) electrons. The lowest BCUT2D eigenvalue weighted by Crippen LogP contribution is -2.51. The summed E-state index contributed by atoms with van der Waals surface area (Å²) in [6, 6.07) is 5.00. The number of ether oxygens (including phenoxy) is 1. The van der Waals surface area contributed by atoms with Crippen LogP contribution in [0.5, 0.6) is 0 Å². The quantitative estimate of drug-likeness (QED) is 0.742. The Bertz CT molecular complexity index is 549. The standard InChI is InChI=1S/C15H20ClN3O3.ClH/c1-10-11(16)3-2-4-12(10)19-14(20)5-6-18-15(21)13-9-22-8-7-17-13;/h2-4,13,17H,5-9H2,1H3,(H,18,21)(H,19,20);1H. The molecule has 1 aromatic carbocycles. The Hall–Kier alpha value is -1.34. The summed E-state index contributed by atoms with van der Waals surface area (Å²) in [6.45, 7) is 3.76. The monoisotopic (exact) mass is 361 g/mol. The highest BCUT2D eigenvalue weighted by Crippen LogP contribution is 2.22. The number of halogens is 2. The molecule has 0 aromatic heterocycles. The van der Waals surface area contributed by atoms with Crippen LogP contribution in [0.1, 0.15) is 12.0 Å². The van der Waals surface area contributed by atoms with Gasteiger partial charge in [-0.1, -0.05) is 17.7 Å². The van der Waals surface area contributed by atoms with Crippen LogP contribution in [0.15, 0.2) is 18.2 Å². The zero-order valence-corrected chi connectivity index (χ0v) is 14.4. The van der Waals surface area contributed by atoms with Gasteiger partial charge in [-0.15, -0.1) is 12.4 Å². The summed E-state index contributed by atoms with van der Waals surface area (Å²) in [5.41, 5.74) is 1.51. The summed E-state index contributed by atoms with van der Waals surface area (Å²) in [6.07, 6.45) is 0.200. The maximum absolute atomic E-state index is 11.9. The van der Waals surface area contributed by atoms with Gasteiger partial charge in [-0.2, -0.15) is 0 Å². The fourth-order valence-corrected chi connectivity index (χ4v) is 2.29. The van der Waals surface area contributed by atoms with E-state index in [1.54, 1.807) is 18.2 Å². The van der Waals surface area contributed by atoms with Gasteiger partial charge in [0.2, 0.25) is 11.8 Å². The summed E-state index contributed by atoms with van der Waals surface area (Å²) in [5, 5.41) is 9.18. The molecule has 6 nitrogen and oxygen atoms in total. The molecule has 23 heavy (non-hydrogen) atoms. The van der Waals surface area contributed by atoms with E-state index in [4.69, 9.17) is 16.3 Å². The van der Waals surface area contributed by atoms with E-state index in [-0.39, 0.29) is 43.2 Å². The molecule has 2 amide bonds. The third-order valence-electron chi connectivity index (χ3n) is 3.43. The van der Waals surface area contributed by atoms with Crippen LogP contribution < -0.4 is 16.0 Å². The summed E-state index contributed by atoms with van der Waals surface area (Å²) in [4.78, 5) is 23.7. The van der Waals surface area contributed by atoms with Gasteiger partial charge in [0.1, 0.15) is 6.04 Å². The molecular formula is C15H21Cl2N3O3. The molecule has 0 spiro atoms. The first-order valence-electron chi connectivity index (χ1n) is 7.21. The van der Waals surface area contributed by atoms with Crippen molar-refractivity contribution < 1.29 is 14.3 Å². The first-order chi connectivity index (χ1) is 10.6. The van der Waals surface area contributed by atoms with Gasteiger partial charge in [0.05, 0.1) is 13.2 Å². The number of amides is 2. The van der Waals surface area contributed by atoms with Gasteiger partial charge in [0.25, 0.3) is 0 Å². The minimum absolute atomic E-state index is 0. The van der Waals surface area contributed by atoms with Crippen LogP contribution in [-0.4, -0.2) is 44.2 Å². The molecule has 1 aliphatic rings. The summed E-state index contributed by atoms with van der Waals surface area (Å²) < 4.78 is 5.22. The summed E-state index contributed by atoms with van der Waals surface area (Å²) in [7, 11) is 0. The van der Waals surface area contributed by atoms with Crippen LogP contribution in [-0.2, 0) is 14.3 Å². The molecule has 3 N–H and O–H groups in total. The van der Waals surface area contributed by atoms with E-state index in [0.717, 1.165) is 5.56 Å². The van der Waals surface area contributed by atoms with E-state index in [0.29, 0.717) is 30.5 Å². The molecule has 0 saturated carbocycles. The van der Waals surface area contributed by atoms with Gasteiger partial charge >= 0.3 is 0 Å². The van der Waals surface area contributed by atoms with Crippen LogP contribution in [0, 0.1) is 6.92 Å². The van der Waals surface area contributed by atoms with Crippen molar-refractivity contribution in [3.05, 3.63) is 28.8 Å². The van der Waals surface area contributed by atoms with Crippen LogP contribution in [0.2, 0.25) is 5.02 Å². The van der Waals surface area contributed by atoms with Crippen LogP contribution in [0.3, 0.4) is 0 Å². The van der Waals surface area contributed by atoms with E-state index < -0.39 is 0 Å². The highest BCUT2D eigenvalue weighted by molar-refractivity contribution is 6.31. The normalized spacial score (nSPS) is 17.0. The number of anilines is 1. The number of carbonyl (C=O) groups excluding carboxylic acids is 2. The Morgan fingerprint density at radius 3 is 2.91 bits per heavy atom. The third kappa shape index (κ3) is 5.99. The molecule has 1 fully saturated rings. The Labute approximate surface area is 146 Å². The van der Waals surface area contributed by atoms with Crippen LogP contribution in [0.25, 0.3) is 0 Å². The highest BCUT2D eigenvalue weighted by Gasteiger charge is 2.20. The van der Waals surface area contributed by atoms with Crippen molar-refractivity contribution in [3.8, 4) is 0 Å². The number of hydrogen-bond donors (Lipinski definition) is 3. The topological polar surface area (TPSA) is 79.5 Å². The van der Waals surface area contributed by atoms with Gasteiger partial charge in [-0.3, -0.25) is 9.59 Å². The molecule has 1 aromatic rings. The molecule has 128 valence electrons. The second-order valence-corrected chi connectivity index (χ2v) is 5.49. The first-order valence-corrected chi connectivity index (χ1v) is 7.59. The summed E-state index contributed by atoms with van der Waals surface area (Å²) >= 11 is 6.00. The van der Waals surface area contributed by atoms with Crippen molar-refractivity contribution >= 4 is 41.5 Å².